The Morgan fingerprint density at radius 1 is 1.50 bits per heavy atom. The Kier molecular flexibility index (Phi) is 2.23. The zero-order valence-corrected chi connectivity index (χ0v) is 5.50. The van der Waals surface area contributed by atoms with Gasteiger partial charge in [0.1, 0.15) is 0 Å². The number of nitrogens with one attached hydrogen (secondary N) is 1. The summed E-state index contributed by atoms with van der Waals surface area (Å²) < 4.78 is 0. The van der Waals surface area contributed by atoms with Crippen molar-refractivity contribution in [3.8, 4) is 0 Å². The van der Waals surface area contributed by atoms with Gasteiger partial charge in [0, 0.05) is 24.8 Å². The van der Waals surface area contributed by atoms with Crippen molar-refractivity contribution in [3.63, 3.8) is 0 Å². The standard InChI is InChI=1S/C7H9NO2/c9-5-4-6-2-1-3-7(10)8-6/h1-3,9H,4-5H2,(H,8,10). The van der Waals surface area contributed by atoms with Crippen molar-refractivity contribution in [1.29, 1.82) is 0 Å². The number of pyridine rings is 1. The summed E-state index contributed by atoms with van der Waals surface area (Å²) in [6.45, 7) is 0.0694. The van der Waals surface area contributed by atoms with Crippen LogP contribution in [-0.4, -0.2) is 16.7 Å². The minimum absolute atomic E-state index is 0.0694. The highest BCUT2D eigenvalue weighted by molar-refractivity contribution is 5.03. The second-order valence-electron chi connectivity index (χ2n) is 2.01. The molecule has 10 heavy (non-hydrogen) atoms. The number of hydrogen-bond donors (Lipinski definition) is 2. The first-order valence-electron chi connectivity index (χ1n) is 3.12. The van der Waals surface area contributed by atoms with Gasteiger partial charge in [0.05, 0.1) is 0 Å². The fourth-order valence-corrected chi connectivity index (χ4v) is 0.760. The highest BCUT2D eigenvalue weighted by atomic mass is 16.3. The summed E-state index contributed by atoms with van der Waals surface area (Å²) in [5, 5.41) is 8.49. The molecule has 0 spiro atoms. The number of aromatic amines is 1. The van der Waals surface area contributed by atoms with Crippen LogP contribution in [0, 0.1) is 0 Å². The lowest BCUT2D eigenvalue weighted by atomic mass is 10.3. The van der Waals surface area contributed by atoms with Gasteiger partial charge in [-0.05, 0) is 6.07 Å². The molecule has 0 fully saturated rings. The smallest absolute Gasteiger partial charge is 0.248 e. The van der Waals surface area contributed by atoms with Crippen LogP contribution in [0.2, 0.25) is 0 Å². The van der Waals surface area contributed by atoms with Crippen molar-refractivity contribution < 1.29 is 5.11 Å². The van der Waals surface area contributed by atoms with Crippen LogP contribution >= 0.6 is 0 Å². The van der Waals surface area contributed by atoms with E-state index in [1.807, 2.05) is 0 Å². The van der Waals surface area contributed by atoms with E-state index >= 15 is 0 Å². The molecule has 0 bridgehead atoms. The number of H-pyrrole nitrogens is 1. The molecule has 0 aliphatic rings. The second kappa shape index (κ2) is 3.17. The van der Waals surface area contributed by atoms with Crippen LogP contribution in [0.1, 0.15) is 5.69 Å². The number of aliphatic hydroxyl groups excluding tert-OH is 1. The predicted molar refractivity (Wildman–Crippen MR) is 37.9 cm³/mol. The predicted octanol–water partition coefficient (Wildman–Crippen LogP) is -0.0903. The molecule has 0 radical (unpaired) electrons. The third kappa shape index (κ3) is 1.70. The topological polar surface area (TPSA) is 53.1 Å². The molecule has 3 heteroatoms. The Morgan fingerprint density at radius 2 is 2.30 bits per heavy atom. The first kappa shape index (κ1) is 7.02. The van der Waals surface area contributed by atoms with E-state index in [4.69, 9.17) is 5.11 Å². The van der Waals surface area contributed by atoms with Crippen molar-refractivity contribution in [2.75, 3.05) is 6.61 Å². The van der Waals surface area contributed by atoms with Gasteiger partial charge < -0.3 is 10.1 Å². The van der Waals surface area contributed by atoms with E-state index < -0.39 is 0 Å². The maximum Gasteiger partial charge on any atom is 0.248 e. The quantitative estimate of drug-likeness (QED) is 0.601. The van der Waals surface area contributed by atoms with Gasteiger partial charge in [-0.1, -0.05) is 6.07 Å². The van der Waals surface area contributed by atoms with Crippen LogP contribution in [0.5, 0.6) is 0 Å². The third-order valence-electron chi connectivity index (χ3n) is 1.21. The highest BCUT2D eigenvalue weighted by Gasteiger charge is 1.89. The van der Waals surface area contributed by atoms with Gasteiger partial charge in [0.15, 0.2) is 0 Å². The largest absolute Gasteiger partial charge is 0.396 e. The van der Waals surface area contributed by atoms with Gasteiger partial charge >= 0.3 is 0 Å². The normalized spacial score (nSPS) is 9.70. The number of rotatable bonds is 2. The van der Waals surface area contributed by atoms with Gasteiger partial charge in [0.2, 0.25) is 5.56 Å². The Labute approximate surface area is 58.3 Å². The summed E-state index contributed by atoms with van der Waals surface area (Å²) in [7, 11) is 0. The molecule has 0 saturated heterocycles. The van der Waals surface area contributed by atoms with Crippen LogP contribution in [0.4, 0.5) is 0 Å². The van der Waals surface area contributed by atoms with Gasteiger partial charge in [-0.15, -0.1) is 0 Å². The third-order valence-corrected chi connectivity index (χ3v) is 1.21. The summed E-state index contributed by atoms with van der Waals surface area (Å²) in [6, 6.07) is 4.89. The number of aliphatic hydroxyl groups is 1. The lowest BCUT2D eigenvalue weighted by molar-refractivity contribution is 0.298. The summed E-state index contributed by atoms with van der Waals surface area (Å²) in [5.41, 5.74) is 0.654. The highest BCUT2D eigenvalue weighted by Crippen LogP contribution is 1.88. The molecular weight excluding hydrogens is 130 g/mol. The Morgan fingerprint density at radius 3 is 2.90 bits per heavy atom. The average molecular weight is 139 g/mol. The zero-order valence-electron chi connectivity index (χ0n) is 5.50. The number of aromatic nitrogens is 1. The van der Waals surface area contributed by atoms with E-state index in [9.17, 15) is 4.79 Å². The molecule has 54 valence electrons. The summed E-state index contributed by atoms with van der Waals surface area (Å²) in [6.07, 6.45) is 0.510. The molecule has 2 N–H and O–H groups in total. The van der Waals surface area contributed by atoms with Gasteiger partial charge in [-0.25, -0.2) is 0 Å². The lowest BCUT2D eigenvalue weighted by Crippen LogP contribution is -2.07. The van der Waals surface area contributed by atoms with Gasteiger partial charge in [0.25, 0.3) is 0 Å². The summed E-state index contributed by atoms with van der Waals surface area (Å²) >= 11 is 0. The van der Waals surface area contributed by atoms with Crippen molar-refractivity contribution in [3.05, 3.63) is 34.2 Å². The molecule has 0 aliphatic heterocycles. The average Bonchev–Trinajstić information content (AvgIpc) is 1.88. The minimum Gasteiger partial charge on any atom is -0.396 e. The second-order valence-corrected chi connectivity index (χ2v) is 2.01. The van der Waals surface area contributed by atoms with Crippen molar-refractivity contribution in [2.24, 2.45) is 0 Å². The van der Waals surface area contributed by atoms with Crippen LogP contribution < -0.4 is 5.56 Å². The van der Waals surface area contributed by atoms with Gasteiger partial charge in [-0.2, -0.15) is 0 Å². The Bertz CT molecular complexity index is 254. The van der Waals surface area contributed by atoms with E-state index in [1.54, 1.807) is 12.1 Å². The maximum absolute atomic E-state index is 10.6. The SMILES string of the molecule is O=c1cccc(CCO)[nH]1. The fraction of sp³-hybridized carbons (Fsp3) is 0.286. The van der Waals surface area contributed by atoms with Crippen LogP contribution in [0.15, 0.2) is 23.0 Å². The molecule has 1 aromatic rings. The first-order valence-corrected chi connectivity index (χ1v) is 3.12. The van der Waals surface area contributed by atoms with Crippen molar-refractivity contribution in [2.45, 2.75) is 6.42 Å². The van der Waals surface area contributed by atoms with Gasteiger partial charge in [-0.3, -0.25) is 4.79 Å². The molecule has 0 aromatic carbocycles. The monoisotopic (exact) mass is 139 g/mol. The van der Waals surface area contributed by atoms with Crippen LogP contribution in [0.3, 0.4) is 0 Å². The van der Waals surface area contributed by atoms with Crippen molar-refractivity contribution >= 4 is 0 Å². The van der Waals surface area contributed by atoms with E-state index in [1.165, 1.54) is 6.07 Å². The minimum atomic E-state index is -0.119. The summed E-state index contributed by atoms with van der Waals surface area (Å²) in [5.74, 6) is 0. The lowest BCUT2D eigenvalue weighted by Gasteiger charge is -1.94. The van der Waals surface area contributed by atoms with Crippen LogP contribution in [-0.2, 0) is 6.42 Å². The molecule has 0 unspecified atom stereocenters. The van der Waals surface area contributed by atoms with Crippen molar-refractivity contribution in [1.82, 2.24) is 4.98 Å². The first-order chi connectivity index (χ1) is 4.83. The molecule has 1 aromatic heterocycles. The Hall–Kier alpha value is -1.09. The van der Waals surface area contributed by atoms with E-state index in [2.05, 4.69) is 4.98 Å². The van der Waals surface area contributed by atoms with E-state index in [-0.39, 0.29) is 12.2 Å². The number of hydrogen-bond acceptors (Lipinski definition) is 2. The zero-order chi connectivity index (χ0) is 7.40. The molecule has 0 atom stereocenters. The maximum atomic E-state index is 10.6. The fourth-order valence-electron chi connectivity index (χ4n) is 0.760. The Balaban J connectivity index is 2.85. The van der Waals surface area contributed by atoms with E-state index in [0.717, 1.165) is 5.69 Å². The molecule has 1 rings (SSSR count). The van der Waals surface area contributed by atoms with E-state index in [0.29, 0.717) is 6.42 Å². The molecule has 0 amide bonds. The molecule has 3 nitrogen and oxygen atoms in total. The molecule has 1 heterocycles. The van der Waals surface area contributed by atoms with Crippen LogP contribution in [0.25, 0.3) is 0 Å². The summed E-state index contributed by atoms with van der Waals surface area (Å²) in [4.78, 5) is 13.2. The molecular formula is C7H9NO2. The molecule has 0 saturated carbocycles. The molecule has 0 aliphatic carbocycles.